The highest BCUT2D eigenvalue weighted by atomic mass is 16.6. The lowest BCUT2D eigenvalue weighted by molar-refractivity contribution is -0.245. The Balaban J connectivity index is 1.84. The maximum absolute atomic E-state index is 11.3. The number of anilines is 1. The van der Waals surface area contributed by atoms with Crippen molar-refractivity contribution in [3.05, 3.63) is 40.8 Å². The first-order valence-electron chi connectivity index (χ1n) is 7.10. The van der Waals surface area contributed by atoms with Gasteiger partial charge in [0.05, 0.1) is 6.61 Å². The summed E-state index contributed by atoms with van der Waals surface area (Å²) in [5.41, 5.74) is 0.321. The SMILES string of the molecule is O=c1ccc2ccc(NC3C(O)[C@H](O)C(CO)O[C@H]3O)cc2o1. The number of hydrogen-bond donors (Lipinski definition) is 5. The molecule has 1 aliphatic heterocycles. The highest BCUT2D eigenvalue weighted by Gasteiger charge is 2.43. The molecule has 3 rings (SSSR count). The van der Waals surface area contributed by atoms with E-state index in [-0.39, 0.29) is 0 Å². The van der Waals surface area contributed by atoms with Gasteiger partial charge in [0.15, 0.2) is 6.29 Å². The quantitative estimate of drug-likeness (QED) is 0.455. The third-order valence-corrected chi connectivity index (χ3v) is 3.86. The van der Waals surface area contributed by atoms with Gasteiger partial charge in [0.1, 0.15) is 29.9 Å². The molecule has 5 N–H and O–H groups in total. The highest BCUT2D eigenvalue weighted by Crippen LogP contribution is 2.24. The highest BCUT2D eigenvalue weighted by molar-refractivity contribution is 5.80. The van der Waals surface area contributed by atoms with E-state index in [1.54, 1.807) is 24.3 Å². The Morgan fingerprint density at radius 1 is 1.09 bits per heavy atom. The number of nitrogens with one attached hydrogen (secondary N) is 1. The van der Waals surface area contributed by atoms with E-state index in [1.807, 2.05) is 0 Å². The molecule has 1 aliphatic rings. The van der Waals surface area contributed by atoms with Gasteiger partial charge in [0.2, 0.25) is 0 Å². The van der Waals surface area contributed by atoms with E-state index in [9.17, 15) is 20.1 Å². The van der Waals surface area contributed by atoms with E-state index in [1.165, 1.54) is 6.07 Å². The Morgan fingerprint density at radius 3 is 2.57 bits per heavy atom. The lowest BCUT2D eigenvalue weighted by Gasteiger charge is -2.40. The Morgan fingerprint density at radius 2 is 1.83 bits per heavy atom. The fourth-order valence-electron chi connectivity index (χ4n) is 2.60. The molecule has 8 nitrogen and oxygen atoms in total. The summed E-state index contributed by atoms with van der Waals surface area (Å²) in [7, 11) is 0. The molecule has 2 heterocycles. The Bertz CT molecular complexity index is 746. The zero-order valence-electron chi connectivity index (χ0n) is 12.0. The van der Waals surface area contributed by atoms with Crippen LogP contribution in [0.3, 0.4) is 0 Å². The van der Waals surface area contributed by atoms with Crippen LogP contribution < -0.4 is 10.9 Å². The molecule has 1 fully saturated rings. The third kappa shape index (κ3) is 3.07. The molecule has 0 saturated carbocycles. The lowest BCUT2D eigenvalue weighted by atomic mass is 9.97. The second kappa shape index (κ2) is 6.26. The first-order valence-corrected chi connectivity index (χ1v) is 7.10. The normalized spacial score (nSPS) is 31.2. The lowest BCUT2D eigenvalue weighted by Crippen LogP contribution is -2.61. The van der Waals surface area contributed by atoms with Crippen LogP contribution in [-0.4, -0.2) is 57.7 Å². The van der Waals surface area contributed by atoms with Gasteiger partial charge in [0.25, 0.3) is 0 Å². The van der Waals surface area contributed by atoms with Gasteiger partial charge in [-0.1, -0.05) is 0 Å². The van der Waals surface area contributed by atoms with Crippen molar-refractivity contribution in [1.29, 1.82) is 0 Å². The molecule has 23 heavy (non-hydrogen) atoms. The summed E-state index contributed by atoms with van der Waals surface area (Å²) in [5, 5.41) is 42.5. The maximum Gasteiger partial charge on any atom is 0.336 e. The molecular weight excluding hydrogens is 306 g/mol. The van der Waals surface area contributed by atoms with E-state index < -0.39 is 42.9 Å². The zero-order valence-corrected chi connectivity index (χ0v) is 12.0. The van der Waals surface area contributed by atoms with E-state index in [4.69, 9.17) is 14.3 Å². The maximum atomic E-state index is 11.3. The number of ether oxygens (including phenoxy) is 1. The second-order valence-corrected chi connectivity index (χ2v) is 5.41. The third-order valence-electron chi connectivity index (χ3n) is 3.86. The van der Waals surface area contributed by atoms with Crippen LogP contribution in [0.25, 0.3) is 11.0 Å². The van der Waals surface area contributed by atoms with Crippen molar-refractivity contribution < 1.29 is 29.6 Å². The van der Waals surface area contributed by atoms with Gasteiger partial charge in [-0.05, 0) is 18.2 Å². The second-order valence-electron chi connectivity index (χ2n) is 5.41. The van der Waals surface area contributed by atoms with Crippen LogP contribution in [0.5, 0.6) is 0 Å². The molecule has 0 spiro atoms. The van der Waals surface area contributed by atoms with E-state index in [2.05, 4.69) is 5.32 Å². The van der Waals surface area contributed by atoms with Gasteiger partial charge >= 0.3 is 5.63 Å². The summed E-state index contributed by atoms with van der Waals surface area (Å²) in [4.78, 5) is 11.3. The summed E-state index contributed by atoms with van der Waals surface area (Å²) < 4.78 is 10.1. The monoisotopic (exact) mass is 323 g/mol. The van der Waals surface area contributed by atoms with Gasteiger partial charge < -0.3 is 34.9 Å². The fourth-order valence-corrected chi connectivity index (χ4v) is 2.60. The van der Waals surface area contributed by atoms with Crippen LogP contribution in [0.15, 0.2) is 39.5 Å². The number of hydrogen-bond acceptors (Lipinski definition) is 8. The van der Waals surface area contributed by atoms with Gasteiger partial charge in [-0.15, -0.1) is 0 Å². The topological polar surface area (TPSA) is 132 Å². The van der Waals surface area contributed by atoms with E-state index in [0.29, 0.717) is 11.3 Å². The number of aliphatic hydroxyl groups excluding tert-OH is 4. The molecule has 3 unspecified atom stereocenters. The van der Waals surface area contributed by atoms with Crippen molar-refractivity contribution in [2.75, 3.05) is 11.9 Å². The number of fused-ring (bicyclic) bond motifs is 1. The molecule has 124 valence electrons. The minimum atomic E-state index is -1.43. The molecular formula is C15H17NO7. The molecule has 1 aromatic heterocycles. The van der Waals surface area contributed by atoms with Crippen molar-refractivity contribution in [2.45, 2.75) is 30.6 Å². The van der Waals surface area contributed by atoms with E-state index >= 15 is 0 Å². The summed E-state index contributed by atoms with van der Waals surface area (Å²) in [5.74, 6) is 0. The van der Waals surface area contributed by atoms with Crippen molar-refractivity contribution in [3.8, 4) is 0 Å². The average Bonchev–Trinajstić information content (AvgIpc) is 2.54. The van der Waals surface area contributed by atoms with Crippen molar-refractivity contribution in [1.82, 2.24) is 0 Å². The Hall–Kier alpha value is -1.97. The summed E-state index contributed by atoms with van der Waals surface area (Å²) in [6.07, 6.45) is -5.19. The summed E-state index contributed by atoms with van der Waals surface area (Å²) in [6.45, 7) is -0.525. The predicted molar refractivity (Wildman–Crippen MR) is 79.9 cm³/mol. The number of aliphatic hydroxyl groups is 4. The number of rotatable bonds is 3. The van der Waals surface area contributed by atoms with Gasteiger partial charge in [-0.3, -0.25) is 0 Å². The molecule has 8 heteroatoms. The number of benzene rings is 1. The minimum absolute atomic E-state index is 0.344. The molecule has 0 aliphatic carbocycles. The summed E-state index contributed by atoms with van der Waals surface area (Å²) >= 11 is 0. The molecule has 0 radical (unpaired) electrons. The Labute approximate surface area is 130 Å². The first-order chi connectivity index (χ1) is 11.0. The predicted octanol–water partition coefficient (Wildman–Crippen LogP) is -0.995. The molecule has 1 saturated heterocycles. The molecule has 1 aromatic carbocycles. The van der Waals surface area contributed by atoms with Crippen LogP contribution in [0.2, 0.25) is 0 Å². The van der Waals surface area contributed by atoms with Crippen LogP contribution in [0, 0.1) is 0 Å². The molecule has 0 amide bonds. The van der Waals surface area contributed by atoms with Crippen molar-refractivity contribution >= 4 is 16.7 Å². The first kappa shape index (κ1) is 15.9. The average molecular weight is 323 g/mol. The van der Waals surface area contributed by atoms with Crippen molar-refractivity contribution in [3.63, 3.8) is 0 Å². The minimum Gasteiger partial charge on any atom is -0.423 e. The van der Waals surface area contributed by atoms with Crippen LogP contribution in [0.1, 0.15) is 0 Å². The Kier molecular flexibility index (Phi) is 4.33. The zero-order chi connectivity index (χ0) is 16.6. The van der Waals surface area contributed by atoms with Crippen molar-refractivity contribution in [2.24, 2.45) is 0 Å². The van der Waals surface area contributed by atoms with Gasteiger partial charge in [-0.2, -0.15) is 0 Å². The molecule has 0 bridgehead atoms. The smallest absolute Gasteiger partial charge is 0.336 e. The standard InChI is InChI=1S/C15H17NO7/c17-6-10-13(19)14(20)12(15(21)23-10)16-8-3-1-7-2-4-11(18)22-9(7)5-8/h1-5,10,12-17,19-21H,6H2/t10?,12?,13-,14?,15-/m1/s1. The summed E-state index contributed by atoms with van der Waals surface area (Å²) in [6, 6.07) is 6.83. The van der Waals surface area contributed by atoms with Crippen LogP contribution in [-0.2, 0) is 4.74 Å². The fraction of sp³-hybridized carbons (Fsp3) is 0.400. The molecule has 2 aromatic rings. The largest absolute Gasteiger partial charge is 0.423 e. The van der Waals surface area contributed by atoms with Gasteiger partial charge in [-0.25, -0.2) is 4.79 Å². The van der Waals surface area contributed by atoms with Crippen LogP contribution in [0.4, 0.5) is 5.69 Å². The van der Waals surface area contributed by atoms with Gasteiger partial charge in [0, 0.05) is 23.2 Å². The van der Waals surface area contributed by atoms with Crippen LogP contribution >= 0.6 is 0 Å². The molecule has 5 atom stereocenters. The van der Waals surface area contributed by atoms with E-state index in [0.717, 1.165) is 5.39 Å².